The highest BCUT2D eigenvalue weighted by molar-refractivity contribution is 7.89. The third kappa shape index (κ3) is 4.32. The Bertz CT molecular complexity index is 1060. The Balaban J connectivity index is 1.21. The van der Waals surface area contributed by atoms with Crippen LogP contribution in [-0.2, 0) is 14.8 Å². The first-order valence-electron chi connectivity index (χ1n) is 11.6. The van der Waals surface area contributed by atoms with E-state index >= 15 is 0 Å². The molecule has 2 aromatic rings. The van der Waals surface area contributed by atoms with Gasteiger partial charge in [0.05, 0.1) is 4.90 Å². The summed E-state index contributed by atoms with van der Waals surface area (Å²) in [6.45, 7) is 4.63. The molecular formula is C23H30N4O4S. The lowest BCUT2D eigenvalue weighted by Crippen LogP contribution is -2.46. The third-order valence-corrected chi connectivity index (χ3v) is 8.93. The van der Waals surface area contributed by atoms with Gasteiger partial charge in [0, 0.05) is 43.6 Å². The smallest absolute Gasteiger partial charge is 0.243 e. The van der Waals surface area contributed by atoms with Gasteiger partial charge in [-0.05, 0) is 68.7 Å². The van der Waals surface area contributed by atoms with Crippen LogP contribution in [-0.4, -0.2) is 59.8 Å². The maximum atomic E-state index is 13.1. The Hall–Kier alpha value is -2.26. The van der Waals surface area contributed by atoms with Crippen LogP contribution in [0.15, 0.2) is 33.7 Å². The molecule has 1 aromatic heterocycles. The maximum Gasteiger partial charge on any atom is 0.243 e. The minimum absolute atomic E-state index is 0.0730. The van der Waals surface area contributed by atoms with Gasteiger partial charge in [0.25, 0.3) is 0 Å². The summed E-state index contributed by atoms with van der Waals surface area (Å²) in [5.41, 5.74) is 0.736. The maximum absolute atomic E-state index is 13.1. The molecule has 3 fully saturated rings. The van der Waals surface area contributed by atoms with Crippen molar-refractivity contribution in [3.8, 4) is 11.4 Å². The number of hydrogen-bond donors (Lipinski definition) is 0. The number of carbonyl (C=O) groups is 1. The van der Waals surface area contributed by atoms with Crippen molar-refractivity contribution in [1.29, 1.82) is 0 Å². The van der Waals surface area contributed by atoms with Gasteiger partial charge >= 0.3 is 0 Å². The standard InChI is InChI=1S/C23H30N4O4S/c1-16-8-12-26(13-9-16)23(28)19-10-14-27(15-11-19)32(29,30)20-6-4-17(5-7-20)21-24-22(31-25-21)18-2-3-18/h4-7,16,18-19H,2-3,8-15H2,1H3. The van der Waals surface area contributed by atoms with E-state index < -0.39 is 10.0 Å². The second-order valence-electron chi connectivity index (χ2n) is 9.44. The molecule has 0 spiro atoms. The molecule has 5 rings (SSSR count). The molecule has 8 nitrogen and oxygen atoms in total. The van der Waals surface area contributed by atoms with E-state index in [1.165, 1.54) is 4.31 Å². The minimum atomic E-state index is -3.60. The van der Waals surface area contributed by atoms with Crippen molar-refractivity contribution in [2.24, 2.45) is 11.8 Å². The second-order valence-corrected chi connectivity index (χ2v) is 11.4. The van der Waals surface area contributed by atoms with Gasteiger partial charge in [0.1, 0.15) is 0 Å². The zero-order valence-corrected chi connectivity index (χ0v) is 19.3. The molecule has 32 heavy (non-hydrogen) atoms. The molecule has 0 N–H and O–H groups in total. The third-order valence-electron chi connectivity index (χ3n) is 7.02. The van der Waals surface area contributed by atoms with E-state index in [0.29, 0.717) is 49.5 Å². The summed E-state index contributed by atoms with van der Waals surface area (Å²) in [4.78, 5) is 19.5. The first-order valence-corrected chi connectivity index (χ1v) is 13.1. The van der Waals surface area contributed by atoms with Crippen molar-refractivity contribution in [1.82, 2.24) is 19.3 Å². The quantitative estimate of drug-likeness (QED) is 0.682. The van der Waals surface area contributed by atoms with E-state index in [-0.39, 0.29) is 16.7 Å². The molecule has 172 valence electrons. The van der Waals surface area contributed by atoms with Crippen molar-refractivity contribution in [2.75, 3.05) is 26.2 Å². The average Bonchev–Trinajstić information content (AvgIpc) is 3.56. The van der Waals surface area contributed by atoms with Crippen LogP contribution < -0.4 is 0 Å². The fraction of sp³-hybridized carbons (Fsp3) is 0.609. The fourth-order valence-corrected chi connectivity index (χ4v) is 6.07. The molecular weight excluding hydrogens is 428 g/mol. The Labute approximate surface area is 189 Å². The van der Waals surface area contributed by atoms with E-state index in [1.807, 2.05) is 4.90 Å². The minimum Gasteiger partial charge on any atom is -0.342 e. The molecule has 3 aliphatic rings. The fourth-order valence-electron chi connectivity index (χ4n) is 4.60. The summed E-state index contributed by atoms with van der Waals surface area (Å²) in [7, 11) is -3.60. The summed E-state index contributed by atoms with van der Waals surface area (Å²) in [5, 5.41) is 4.01. The number of rotatable bonds is 5. The van der Waals surface area contributed by atoms with E-state index in [1.54, 1.807) is 24.3 Å². The lowest BCUT2D eigenvalue weighted by Gasteiger charge is -2.36. The van der Waals surface area contributed by atoms with E-state index in [9.17, 15) is 13.2 Å². The highest BCUT2D eigenvalue weighted by Crippen LogP contribution is 2.39. The van der Waals surface area contributed by atoms with Gasteiger partial charge in [-0.15, -0.1) is 0 Å². The molecule has 1 aromatic carbocycles. The number of amides is 1. The van der Waals surface area contributed by atoms with Crippen molar-refractivity contribution >= 4 is 15.9 Å². The van der Waals surface area contributed by atoms with Crippen LogP contribution in [0.4, 0.5) is 0 Å². The van der Waals surface area contributed by atoms with Crippen LogP contribution in [0.3, 0.4) is 0 Å². The van der Waals surface area contributed by atoms with Gasteiger partial charge in [-0.1, -0.05) is 12.1 Å². The SMILES string of the molecule is CC1CCN(C(=O)C2CCN(S(=O)(=O)c3ccc(-c4noc(C5CC5)n4)cc3)CC2)CC1. The highest BCUT2D eigenvalue weighted by Gasteiger charge is 2.35. The molecule has 1 saturated carbocycles. The molecule has 3 heterocycles. The molecule has 0 bridgehead atoms. The van der Waals surface area contributed by atoms with E-state index in [0.717, 1.165) is 44.3 Å². The van der Waals surface area contributed by atoms with Crippen LogP contribution >= 0.6 is 0 Å². The van der Waals surface area contributed by atoms with Gasteiger partial charge in [0.2, 0.25) is 27.6 Å². The number of likely N-dealkylation sites (tertiary alicyclic amines) is 1. The molecule has 1 amide bonds. The molecule has 9 heteroatoms. The first-order chi connectivity index (χ1) is 15.4. The van der Waals surface area contributed by atoms with Crippen LogP contribution in [0.5, 0.6) is 0 Å². The Morgan fingerprint density at radius 2 is 1.62 bits per heavy atom. The predicted molar refractivity (Wildman–Crippen MR) is 118 cm³/mol. The highest BCUT2D eigenvalue weighted by atomic mass is 32.2. The lowest BCUT2D eigenvalue weighted by atomic mass is 9.93. The summed E-state index contributed by atoms with van der Waals surface area (Å²) >= 11 is 0. The van der Waals surface area contributed by atoms with Gasteiger partial charge in [-0.2, -0.15) is 9.29 Å². The number of piperidine rings is 2. The average molecular weight is 459 g/mol. The predicted octanol–water partition coefficient (Wildman–Crippen LogP) is 3.27. The van der Waals surface area contributed by atoms with Crippen LogP contribution in [0, 0.1) is 11.8 Å². The number of carbonyl (C=O) groups excluding carboxylic acids is 1. The van der Waals surface area contributed by atoms with E-state index in [2.05, 4.69) is 17.1 Å². The van der Waals surface area contributed by atoms with Crippen molar-refractivity contribution in [3.05, 3.63) is 30.2 Å². The van der Waals surface area contributed by atoms with Crippen molar-refractivity contribution in [2.45, 2.75) is 56.3 Å². The molecule has 2 saturated heterocycles. The number of nitrogens with zero attached hydrogens (tertiary/aromatic N) is 4. The Morgan fingerprint density at radius 3 is 2.25 bits per heavy atom. The lowest BCUT2D eigenvalue weighted by molar-refractivity contribution is -0.138. The largest absolute Gasteiger partial charge is 0.342 e. The molecule has 0 unspecified atom stereocenters. The Kier molecular flexibility index (Phi) is 5.79. The summed E-state index contributed by atoms with van der Waals surface area (Å²) in [6, 6.07) is 6.65. The zero-order chi connectivity index (χ0) is 22.3. The molecule has 0 atom stereocenters. The molecule has 2 aliphatic heterocycles. The number of benzene rings is 1. The topological polar surface area (TPSA) is 96.6 Å². The summed E-state index contributed by atoms with van der Waals surface area (Å²) in [6.07, 6.45) is 5.43. The summed E-state index contributed by atoms with van der Waals surface area (Å²) < 4.78 is 33.1. The molecule has 1 aliphatic carbocycles. The van der Waals surface area contributed by atoms with E-state index in [4.69, 9.17) is 4.52 Å². The number of sulfonamides is 1. The Morgan fingerprint density at radius 1 is 0.969 bits per heavy atom. The van der Waals surface area contributed by atoms with Crippen LogP contribution in [0.25, 0.3) is 11.4 Å². The first kappa shape index (κ1) is 21.6. The van der Waals surface area contributed by atoms with Crippen LogP contribution in [0.2, 0.25) is 0 Å². The van der Waals surface area contributed by atoms with Crippen molar-refractivity contribution < 1.29 is 17.7 Å². The monoisotopic (exact) mass is 458 g/mol. The number of aromatic nitrogens is 2. The summed E-state index contributed by atoms with van der Waals surface area (Å²) in [5.74, 6) is 2.33. The number of hydrogen-bond acceptors (Lipinski definition) is 6. The van der Waals surface area contributed by atoms with Gasteiger partial charge in [0.15, 0.2) is 0 Å². The molecule has 0 radical (unpaired) electrons. The van der Waals surface area contributed by atoms with Gasteiger partial charge in [-0.25, -0.2) is 8.42 Å². The van der Waals surface area contributed by atoms with Gasteiger partial charge < -0.3 is 9.42 Å². The normalized spacial score (nSPS) is 21.7. The zero-order valence-electron chi connectivity index (χ0n) is 18.4. The van der Waals surface area contributed by atoms with Crippen molar-refractivity contribution in [3.63, 3.8) is 0 Å². The van der Waals surface area contributed by atoms with Crippen LogP contribution in [0.1, 0.15) is 57.3 Å². The second kappa shape index (κ2) is 8.59. The van der Waals surface area contributed by atoms with Gasteiger partial charge in [-0.3, -0.25) is 4.79 Å².